The van der Waals surface area contributed by atoms with E-state index >= 15 is 0 Å². The third kappa shape index (κ3) is 5.41. The number of aromatic hydroxyl groups is 1. The molecule has 9 heteroatoms. The number of phenols is 1. The topological polar surface area (TPSA) is 125 Å². The number of aryl methyl sites for hydroxylation is 2. The van der Waals surface area contributed by atoms with E-state index in [1.165, 1.54) is 30.3 Å². The van der Waals surface area contributed by atoms with Crippen LogP contribution in [0.5, 0.6) is 11.5 Å². The van der Waals surface area contributed by atoms with E-state index in [-0.39, 0.29) is 29.5 Å². The number of nitrogens with one attached hydrogen (secondary N) is 2. The first-order valence-electron chi connectivity index (χ1n) is 11.0. The Bertz CT molecular complexity index is 1380. The lowest BCUT2D eigenvalue weighted by molar-refractivity contribution is -0.122. The fourth-order valence-corrected chi connectivity index (χ4v) is 3.49. The van der Waals surface area contributed by atoms with E-state index in [4.69, 9.17) is 4.74 Å². The first-order valence-corrected chi connectivity index (χ1v) is 11.0. The fraction of sp³-hybridized carbons (Fsp3) is 0.111. The SMILES string of the molecule is Cc1ccc(NC(=O)COc2ccc(/C=C3/C(=O)NC(=O)N(c4ccc(O)cc4)C3=O)cc2)cc1C. The fourth-order valence-electron chi connectivity index (χ4n) is 3.49. The summed E-state index contributed by atoms with van der Waals surface area (Å²) >= 11 is 0. The molecule has 182 valence electrons. The van der Waals surface area contributed by atoms with Gasteiger partial charge in [-0.15, -0.1) is 0 Å². The van der Waals surface area contributed by atoms with E-state index in [9.17, 15) is 24.3 Å². The molecule has 36 heavy (non-hydrogen) atoms. The second-order valence-corrected chi connectivity index (χ2v) is 8.18. The minimum absolute atomic E-state index is 0.0273. The van der Waals surface area contributed by atoms with Crippen molar-refractivity contribution in [1.29, 1.82) is 0 Å². The van der Waals surface area contributed by atoms with E-state index in [2.05, 4.69) is 10.6 Å². The molecule has 9 nitrogen and oxygen atoms in total. The van der Waals surface area contributed by atoms with Crippen LogP contribution in [0.15, 0.2) is 72.3 Å². The van der Waals surface area contributed by atoms with Crippen LogP contribution in [0.2, 0.25) is 0 Å². The number of carbonyl (C=O) groups is 4. The van der Waals surface area contributed by atoms with E-state index in [1.54, 1.807) is 24.3 Å². The first-order chi connectivity index (χ1) is 17.2. The molecule has 3 N–H and O–H groups in total. The van der Waals surface area contributed by atoms with Crippen molar-refractivity contribution in [2.75, 3.05) is 16.8 Å². The molecule has 4 rings (SSSR count). The zero-order valence-corrected chi connectivity index (χ0v) is 19.6. The molecule has 0 unspecified atom stereocenters. The molecule has 1 aliphatic rings. The maximum Gasteiger partial charge on any atom is 0.335 e. The highest BCUT2D eigenvalue weighted by atomic mass is 16.5. The third-order valence-corrected chi connectivity index (χ3v) is 5.56. The lowest BCUT2D eigenvalue weighted by Crippen LogP contribution is -2.54. The van der Waals surface area contributed by atoms with Gasteiger partial charge in [-0.1, -0.05) is 18.2 Å². The van der Waals surface area contributed by atoms with Crippen molar-refractivity contribution in [3.63, 3.8) is 0 Å². The number of imide groups is 2. The summed E-state index contributed by atoms with van der Waals surface area (Å²) in [5, 5.41) is 14.4. The summed E-state index contributed by atoms with van der Waals surface area (Å²) in [6.07, 6.45) is 1.35. The van der Waals surface area contributed by atoms with Crippen LogP contribution < -0.4 is 20.3 Å². The van der Waals surface area contributed by atoms with Crippen LogP contribution in [0.1, 0.15) is 16.7 Å². The smallest absolute Gasteiger partial charge is 0.335 e. The second-order valence-electron chi connectivity index (χ2n) is 8.18. The maximum absolute atomic E-state index is 12.9. The normalized spacial score (nSPS) is 14.6. The van der Waals surface area contributed by atoms with Crippen LogP contribution in [-0.4, -0.2) is 35.5 Å². The van der Waals surface area contributed by atoms with Crippen molar-refractivity contribution in [1.82, 2.24) is 5.32 Å². The molecular formula is C27H23N3O6. The highest BCUT2D eigenvalue weighted by molar-refractivity contribution is 6.39. The first kappa shape index (κ1) is 24.2. The highest BCUT2D eigenvalue weighted by Gasteiger charge is 2.36. The molecule has 0 saturated carbocycles. The van der Waals surface area contributed by atoms with Crippen LogP contribution in [0, 0.1) is 13.8 Å². The average molecular weight is 485 g/mol. The van der Waals surface area contributed by atoms with Gasteiger partial charge in [-0.2, -0.15) is 0 Å². The number of nitrogens with zero attached hydrogens (tertiary/aromatic N) is 1. The van der Waals surface area contributed by atoms with Crippen molar-refractivity contribution in [2.45, 2.75) is 13.8 Å². The zero-order chi connectivity index (χ0) is 25.8. The summed E-state index contributed by atoms with van der Waals surface area (Å²) in [4.78, 5) is 50.5. The summed E-state index contributed by atoms with van der Waals surface area (Å²) in [5.41, 5.74) is 3.37. The van der Waals surface area contributed by atoms with Gasteiger partial charge in [0, 0.05) is 5.69 Å². The minimum atomic E-state index is -0.879. The van der Waals surface area contributed by atoms with E-state index in [0.717, 1.165) is 16.0 Å². The predicted octanol–water partition coefficient (Wildman–Crippen LogP) is 3.69. The number of anilines is 2. The van der Waals surface area contributed by atoms with Gasteiger partial charge in [0.05, 0.1) is 5.69 Å². The Morgan fingerprint density at radius 2 is 1.67 bits per heavy atom. The molecule has 0 aliphatic carbocycles. The van der Waals surface area contributed by atoms with E-state index in [0.29, 0.717) is 17.0 Å². The number of carbonyl (C=O) groups excluding carboxylic acids is 4. The van der Waals surface area contributed by atoms with Crippen LogP contribution >= 0.6 is 0 Å². The molecule has 1 saturated heterocycles. The van der Waals surface area contributed by atoms with Crippen molar-refractivity contribution in [3.8, 4) is 11.5 Å². The molecular weight excluding hydrogens is 462 g/mol. The maximum atomic E-state index is 12.9. The summed E-state index contributed by atoms with van der Waals surface area (Å²) in [6.45, 7) is 3.76. The Morgan fingerprint density at radius 3 is 2.33 bits per heavy atom. The van der Waals surface area contributed by atoms with Gasteiger partial charge in [-0.3, -0.25) is 19.7 Å². The van der Waals surface area contributed by atoms with E-state index < -0.39 is 17.8 Å². The molecule has 3 aromatic carbocycles. The number of barbiturate groups is 1. The van der Waals surface area contributed by atoms with Gasteiger partial charge in [0.15, 0.2) is 6.61 Å². The molecule has 1 aliphatic heterocycles. The van der Waals surface area contributed by atoms with Crippen LogP contribution in [0.4, 0.5) is 16.2 Å². The van der Waals surface area contributed by atoms with Gasteiger partial charge in [-0.25, -0.2) is 9.69 Å². The van der Waals surface area contributed by atoms with Gasteiger partial charge in [-0.05, 0) is 85.1 Å². The van der Waals surface area contributed by atoms with Crippen molar-refractivity contribution < 1.29 is 29.0 Å². The quantitative estimate of drug-likeness (QED) is 0.361. The Hall–Kier alpha value is -4.92. The van der Waals surface area contributed by atoms with Gasteiger partial charge in [0.2, 0.25) is 0 Å². The second kappa shape index (κ2) is 10.1. The summed E-state index contributed by atoms with van der Waals surface area (Å²) in [6, 6.07) is 16.6. The number of rotatable bonds is 6. The Kier molecular flexibility index (Phi) is 6.82. The average Bonchev–Trinajstić information content (AvgIpc) is 2.84. The van der Waals surface area contributed by atoms with Crippen molar-refractivity contribution >= 4 is 41.2 Å². The van der Waals surface area contributed by atoms with Crippen LogP contribution in [-0.2, 0) is 14.4 Å². The molecule has 5 amide bonds. The predicted molar refractivity (Wildman–Crippen MR) is 134 cm³/mol. The summed E-state index contributed by atoms with van der Waals surface area (Å²) in [7, 11) is 0. The Labute approximate surface area is 207 Å². The van der Waals surface area contributed by atoms with Crippen LogP contribution in [0.25, 0.3) is 6.08 Å². The standard InChI is InChI=1S/C27H23N3O6/c1-16-3-6-19(13-17(16)2)28-24(32)15-36-22-11-4-18(5-12-22)14-23-25(33)29-27(35)30(26(23)34)20-7-9-21(31)10-8-20/h3-14,31H,15H2,1-2H3,(H,28,32)(H,29,33,35)/b23-14-. The van der Waals surface area contributed by atoms with E-state index in [1.807, 2.05) is 32.0 Å². The Balaban J connectivity index is 1.42. The molecule has 0 radical (unpaired) electrons. The Morgan fingerprint density at radius 1 is 0.972 bits per heavy atom. The summed E-state index contributed by atoms with van der Waals surface area (Å²) < 4.78 is 5.53. The zero-order valence-electron chi connectivity index (χ0n) is 19.6. The molecule has 3 aromatic rings. The summed E-state index contributed by atoms with van der Waals surface area (Å²) in [5.74, 6) is -1.53. The largest absolute Gasteiger partial charge is 0.508 e. The van der Waals surface area contributed by atoms with Gasteiger partial charge in [0.25, 0.3) is 17.7 Å². The monoisotopic (exact) mass is 485 g/mol. The molecule has 0 atom stereocenters. The van der Waals surface area contributed by atoms with Crippen molar-refractivity contribution in [3.05, 3.63) is 89.0 Å². The number of benzene rings is 3. The lowest BCUT2D eigenvalue weighted by Gasteiger charge is -2.26. The van der Waals surface area contributed by atoms with Crippen LogP contribution in [0.3, 0.4) is 0 Å². The molecule has 1 fully saturated rings. The number of hydrogen-bond donors (Lipinski definition) is 3. The highest BCUT2D eigenvalue weighted by Crippen LogP contribution is 2.24. The minimum Gasteiger partial charge on any atom is -0.508 e. The van der Waals surface area contributed by atoms with Crippen molar-refractivity contribution in [2.24, 2.45) is 0 Å². The molecule has 0 aromatic heterocycles. The third-order valence-electron chi connectivity index (χ3n) is 5.56. The number of phenolic OH excluding ortho intramolecular Hbond substituents is 1. The number of ether oxygens (including phenoxy) is 1. The van der Waals surface area contributed by atoms with Gasteiger partial charge >= 0.3 is 6.03 Å². The number of urea groups is 1. The molecule has 1 heterocycles. The number of amides is 5. The van der Waals surface area contributed by atoms with Gasteiger partial charge in [0.1, 0.15) is 17.1 Å². The lowest BCUT2D eigenvalue weighted by atomic mass is 10.1. The van der Waals surface area contributed by atoms with Gasteiger partial charge < -0.3 is 15.2 Å². The number of hydrogen-bond acceptors (Lipinski definition) is 6. The molecule has 0 spiro atoms. The molecule has 0 bridgehead atoms.